The number of benzene rings is 1. The summed E-state index contributed by atoms with van der Waals surface area (Å²) in [6.07, 6.45) is 4.38. The van der Waals surface area contributed by atoms with Crippen molar-refractivity contribution in [2.75, 3.05) is 6.54 Å². The van der Waals surface area contributed by atoms with Crippen molar-refractivity contribution in [1.82, 2.24) is 10.6 Å². The van der Waals surface area contributed by atoms with E-state index in [1.165, 1.54) is 13.8 Å². The first kappa shape index (κ1) is 16.0. The van der Waals surface area contributed by atoms with Gasteiger partial charge in [0, 0.05) is 12.1 Å². The van der Waals surface area contributed by atoms with Crippen LogP contribution in [0.2, 0.25) is 0 Å². The fourth-order valence-electron chi connectivity index (χ4n) is 3.69. The molecule has 1 fully saturated rings. The molecule has 124 valence electrons. The minimum absolute atomic E-state index is 0.179. The molecule has 2 amide bonds. The van der Waals surface area contributed by atoms with Gasteiger partial charge in [0.2, 0.25) is 5.91 Å². The van der Waals surface area contributed by atoms with Crippen LogP contribution in [-0.4, -0.2) is 29.2 Å². The third kappa shape index (κ3) is 3.24. The fourth-order valence-corrected chi connectivity index (χ4v) is 3.69. The summed E-state index contributed by atoms with van der Waals surface area (Å²) in [5, 5.41) is 15.3. The smallest absolute Gasteiger partial charge is 0.253 e. The lowest BCUT2D eigenvalue weighted by Gasteiger charge is -2.40. The SMILES string of the molecule is CC(C)(O)NC(=O)c1ccc2c(c1)CC[C@@]1(CCCNC1=O)C2. The molecule has 0 aromatic heterocycles. The first-order valence-electron chi connectivity index (χ1n) is 8.24. The van der Waals surface area contributed by atoms with Gasteiger partial charge in [-0.2, -0.15) is 0 Å². The molecule has 1 aliphatic carbocycles. The van der Waals surface area contributed by atoms with Crippen molar-refractivity contribution in [2.45, 2.75) is 51.7 Å². The minimum Gasteiger partial charge on any atom is -0.372 e. The molecule has 1 aliphatic heterocycles. The van der Waals surface area contributed by atoms with Gasteiger partial charge in [-0.3, -0.25) is 9.59 Å². The molecule has 0 bridgehead atoms. The summed E-state index contributed by atoms with van der Waals surface area (Å²) in [5.41, 5.74) is 1.35. The zero-order valence-corrected chi connectivity index (χ0v) is 13.7. The first-order chi connectivity index (χ1) is 10.8. The number of carbonyl (C=O) groups is 2. The number of aryl methyl sites for hydroxylation is 1. The second-order valence-corrected chi connectivity index (χ2v) is 7.31. The second kappa shape index (κ2) is 5.64. The Hall–Kier alpha value is -1.88. The van der Waals surface area contributed by atoms with E-state index in [0.717, 1.165) is 49.8 Å². The zero-order chi connectivity index (χ0) is 16.7. The third-order valence-corrected chi connectivity index (χ3v) is 4.89. The van der Waals surface area contributed by atoms with Gasteiger partial charge in [-0.05, 0) is 69.2 Å². The van der Waals surface area contributed by atoms with E-state index < -0.39 is 5.72 Å². The van der Waals surface area contributed by atoms with Crippen LogP contribution < -0.4 is 10.6 Å². The van der Waals surface area contributed by atoms with Crippen LogP contribution in [0.5, 0.6) is 0 Å². The molecular weight excluding hydrogens is 292 g/mol. The van der Waals surface area contributed by atoms with Gasteiger partial charge < -0.3 is 15.7 Å². The van der Waals surface area contributed by atoms with Crippen molar-refractivity contribution in [3.63, 3.8) is 0 Å². The summed E-state index contributed by atoms with van der Waals surface area (Å²) in [5.74, 6) is -0.103. The van der Waals surface area contributed by atoms with E-state index in [2.05, 4.69) is 10.6 Å². The lowest BCUT2D eigenvalue weighted by atomic mass is 9.67. The number of piperidine rings is 1. The average molecular weight is 316 g/mol. The van der Waals surface area contributed by atoms with Crippen molar-refractivity contribution in [3.8, 4) is 0 Å². The Morgan fingerprint density at radius 1 is 1.30 bits per heavy atom. The highest BCUT2D eigenvalue weighted by atomic mass is 16.3. The van der Waals surface area contributed by atoms with Crippen molar-refractivity contribution >= 4 is 11.8 Å². The molecule has 1 atom stereocenters. The largest absolute Gasteiger partial charge is 0.372 e. The highest BCUT2D eigenvalue weighted by Gasteiger charge is 2.42. The van der Waals surface area contributed by atoms with Crippen LogP contribution in [0.4, 0.5) is 0 Å². The number of carbonyl (C=O) groups excluding carboxylic acids is 2. The topological polar surface area (TPSA) is 78.4 Å². The average Bonchev–Trinajstić information content (AvgIpc) is 2.48. The minimum atomic E-state index is -1.24. The fraction of sp³-hybridized carbons (Fsp3) is 0.556. The van der Waals surface area contributed by atoms with Crippen LogP contribution in [0.3, 0.4) is 0 Å². The van der Waals surface area contributed by atoms with Gasteiger partial charge in [-0.1, -0.05) is 6.07 Å². The molecule has 23 heavy (non-hydrogen) atoms. The molecule has 3 N–H and O–H groups in total. The number of rotatable bonds is 2. The Morgan fingerprint density at radius 3 is 2.78 bits per heavy atom. The van der Waals surface area contributed by atoms with E-state index >= 15 is 0 Å². The Balaban J connectivity index is 1.81. The van der Waals surface area contributed by atoms with Crippen molar-refractivity contribution in [2.24, 2.45) is 5.41 Å². The number of hydrogen-bond acceptors (Lipinski definition) is 3. The van der Waals surface area contributed by atoms with Crippen LogP contribution in [0.25, 0.3) is 0 Å². The van der Waals surface area contributed by atoms with Crippen LogP contribution in [-0.2, 0) is 17.6 Å². The van der Waals surface area contributed by atoms with Crippen LogP contribution in [0.1, 0.15) is 54.6 Å². The highest BCUT2D eigenvalue weighted by molar-refractivity contribution is 5.95. The predicted molar refractivity (Wildman–Crippen MR) is 86.9 cm³/mol. The maximum absolute atomic E-state index is 12.3. The van der Waals surface area contributed by atoms with Gasteiger partial charge >= 0.3 is 0 Å². The molecule has 3 rings (SSSR count). The van der Waals surface area contributed by atoms with E-state index in [1.54, 1.807) is 6.07 Å². The predicted octanol–water partition coefficient (Wildman–Crippen LogP) is 1.53. The van der Waals surface area contributed by atoms with E-state index in [4.69, 9.17) is 0 Å². The molecule has 5 heteroatoms. The van der Waals surface area contributed by atoms with Crippen LogP contribution in [0.15, 0.2) is 18.2 Å². The highest BCUT2D eigenvalue weighted by Crippen LogP contribution is 2.41. The van der Waals surface area contributed by atoms with Gasteiger partial charge in [-0.15, -0.1) is 0 Å². The standard InChI is InChI=1S/C18H24N2O3/c1-17(2,23)20-15(21)13-4-5-14-11-18(8-6-12(14)10-13)7-3-9-19-16(18)22/h4-5,10,23H,3,6-9,11H2,1-2H3,(H,19,22)(H,20,21)/t18-/m0/s1. The molecule has 0 saturated carbocycles. The molecule has 5 nitrogen and oxygen atoms in total. The molecule has 1 aromatic carbocycles. The Labute approximate surface area is 136 Å². The Morgan fingerprint density at radius 2 is 2.09 bits per heavy atom. The molecule has 0 radical (unpaired) electrons. The molecule has 0 unspecified atom stereocenters. The van der Waals surface area contributed by atoms with E-state index in [-0.39, 0.29) is 17.2 Å². The number of amides is 2. The van der Waals surface area contributed by atoms with E-state index in [9.17, 15) is 14.7 Å². The van der Waals surface area contributed by atoms with Crippen molar-refractivity contribution in [3.05, 3.63) is 34.9 Å². The normalized spacial score (nSPS) is 24.0. The monoisotopic (exact) mass is 316 g/mol. The zero-order valence-electron chi connectivity index (χ0n) is 13.7. The summed E-state index contributed by atoms with van der Waals surface area (Å²) < 4.78 is 0. The summed E-state index contributed by atoms with van der Waals surface area (Å²) in [4.78, 5) is 24.5. The lowest BCUT2D eigenvalue weighted by Crippen LogP contribution is -2.48. The Bertz CT molecular complexity index is 648. The maximum Gasteiger partial charge on any atom is 0.253 e. The summed E-state index contributed by atoms with van der Waals surface area (Å²) in [6.45, 7) is 3.85. The van der Waals surface area contributed by atoms with E-state index in [0.29, 0.717) is 5.56 Å². The molecule has 1 heterocycles. The Kier molecular flexibility index (Phi) is 3.92. The molecule has 1 spiro atoms. The summed E-state index contributed by atoms with van der Waals surface area (Å²) >= 11 is 0. The number of aliphatic hydroxyl groups is 1. The van der Waals surface area contributed by atoms with Gasteiger partial charge in [0.25, 0.3) is 5.91 Å². The molecule has 2 aliphatic rings. The van der Waals surface area contributed by atoms with Gasteiger partial charge in [0.15, 0.2) is 0 Å². The quantitative estimate of drug-likeness (QED) is 0.724. The number of hydrogen-bond donors (Lipinski definition) is 3. The summed E-state index contributed by atoms with van der Waals surface area (Å²) in [6, 6.07) is 5.63. The third-order valence-electron chi connectivity index (χ3n) is 4.89. The van der Waals surface area contributed by atoms with Crippen LogP contribution >= 0.6 is 0 Å². The summed E-state index contributed by atoms with van der Waals surface area (Å²) in [7, 11) is 0. The van der Waals surface area contributed by atoms with Crippen LogP contribution in [0, 0.1) is 5.41 Å². The maximum atomic E-state index is 12.3. The molecule has 1 saturated heterocycles. The van der Waals surface area contributed by atoms with Crippen molar-refractivity contribution in [1.29, 1.82) is 0 Å². The molecule has 1 aromatic rings. The van der Waals surface area contributed by atoms with Gasteiger partial charge in [-0.25, -0.2) is 0 Å². The first-order valence-corrected chi connectivity index (χ1v) is 8.24. The second-order valence-electron chi connectivity index (χ2n) is 7.31. The number of nitrogens with one attached hydrogen (secondary N) is 2. The van der Waals surface area contributed by atoms with Gasteiger partial charge in [0.1, 0.15) is 5.72 Å². The molecular formula is C18H24N2O3. The van der Waals surface area contributed by atoms with Crippen molar-refractivity contribution < 1.29 is 14.7 Å². The van der Waals surface area contributed by atoms with Gasteiger partial charge in [0.05, 0.1) is 5.41 Å². The van der Waals surface area contributed by atoms with E-state index in [1.807, 2.05) is 12.1 Å². The lowest BCUT2D eigenvalue weighted by molar-refractivity contribution is -0.134. The number of fused-ring (bicyclic) bond motifs is 1.